The highest BCUT2D eigenvalue weighted by molar-refractivity contribution is 7.98. The fraction of sp³-hybridized carbons (Fsp3) is 0.182. The molecule has 8 nitrogen and oxygen atoms in total. The van der Waals surface area contributed by atoms with Crippen molar-refractivity contribution in [2.24, 2.45) is 0 Å². The van der Waals surface area contributed by atoms with Gasteiger partial charge in [-0.25, -0.2) is 9.78 Å². The molecule has 0 amide bonds. The minimum Gasteiger partial charge on any atom is -0.497 e. The SMILES string of the molecule is COc1ccc(-c2nnc(C(C)OC(=O)c3cnc(SC)n3-c3ccccc3)o2)cc1. The van der Waals surface area contributed by atoms with E-state index >= 15 is 0 Å². The van der Waals surface area contributed by atoms with E-state index in [0.717, 1.165) is 17.0 Å². The molecule has 2 heterocycles. The van der Waals surface area contributed by atoms with Crippen LogP contribution in [0.15, 0.2) is 70.4 Å². The van der Waals surface area contributed by atoms with Crippen molar-refractivity contribution in [3.8, 4) is 22.9 Å². The van der Waals surface area contributed by atoms with Gasteiger partial charge in [0, 0.05) is 11.3 Å². The lowest BCUT2D eigenvalue weighted by atomic mass is 10.2. The highest BCUT2D eigenvalue weighted by Gasteiger charge is 2.24. The van der Waals surface area contributed by atoms with Gasteiger partial charge in [0.15, 0.2) is 17.0 Å². The van der Waals surface area contributed by atoms with Gasteiger partial charge in [0.25, 0.3) is 5.89 Å². The number of esters is 1. The lowest BCUT2D eigenvalue weighted by molar-refractivity contribution is 0.0269. The molecule has 1 atom stereocenters. The van der Waals surface area contributed by atoms with Gasteiger partial charge in [0.2, 0.25) is 5.89 Å². The number of carbonyl (C=O) groups is 1. The van der Waals surface area contributed by atoms with Crippen LogP contribution in [-0.2, 0) is 4.74 Å². The van der Waals surface area contributed by atoms with Crippen molar-refractivity contribution in [3.63, 3.8) is 0 Å². The molecule has 31 heavy (non-hydrogen) atoms. The third-order valence-electron chi connectivity index (χ3n) is 4.54. The molecule has 0 aliphatic carbocycles. The zero-order valence-corrected chi connectivity index (χ0v) is 18.0. The summed E-state index contributed by atoms with van der Waals surface area (Å²) in [6.07, 6.45) is 2.67. The second-order valence-corrected chi connectivity index (χ2v) is 7.30. The number of benzene rings is 2. The number of hydrogen-bond acceptors (Lipinski definition) is 8. The summed E-state index contributed by atoms with van der Waals surface area (Å²) in [5.41, 5.74) is 1.88. The molecule has 0 radical (unpaired) electrons. The predicted octanol–water partition coefficient (Wildman–Crippen LogP) is 4.57. The smallest absolute Gasteiger partial charge is 0.357 e. The zero-order valence-electron chi connectivity index (χ0n) is 17.2. The molecule has 2 aromatic heterocycles. The largest absolute Gasteiger partial charge is 0.497 e. The first-order valence-corrected chi connectivity index (χ1v) is 10.7. The molecule has 0 fully saturated rings. The first-order chi connectivity index (χ1) is 15.1. The van der Waals surface area contributed by atoms with Crippen LogP contribution in [0.3, 0.4) is 0 Å². The Labute approximate surface area is 183 Å². The van der Waals surface area contributed by atoms with E-state index in [1.54, 1.807) is 30.7 Å². The molecular weight excluding hydrogens is 416 g/mol. The summed E-state index contributed by atoms with van der Waals surface area (Å²) in [6, 6.07) is 16.8. The van der Waals surface area contributed by atoms with E-state index in [9.17, 15) is 4.79 Å². The van der Waals surface area contributed by atoms with E-state index in [4.69, 9.17) is 13.9 Å². The average Bonchev–Trinajstić information content (AvgIpc) is 3.47. The normalized spacial score (nSPS) is 11.8. The van der Waals surface area contributed by atoms with Crippen LogP contribution in [0.1, 0.15) is 29.4 Å². The molecular formula is C22H20N4O4S. The van der Waals surface area contributed by atoms with Crippen molar-refractivity contribution >= 4 is 17.7 Å². The fourth-order valence-electron chi connectivity index (χ4n) is 2.97. The molecule has 0 spiro atoms. The summed E-state index contributed by atoms with van der Waals surface area (Å²) >= 11 is 1.44. The summed E-state index contributed by atoms with van der Waals surface area (Å²) < 4.78 is 18.2. The Hall–Kier alpha value is -3.59. The van der Waals surface area contributed by atoms with Crippen LogP contribution in [0.4, 0.5) is 0 Å². The lowest BCUT2D eigenvalue weighted by Crippen LogP contribution is -2.14. The Morgan fingerprint density at radius 2 is 1.84 bits per heavy atom. The minimum absolute atomic E-state index is 0.204. The average molecular weight is 436 g/mol. The van der Waals surface area contributed by atoms with Crippen molar-refractivity contribution < 1.29 is 18.7 Å². The molecule has 1 unspecified atom stereocenters. The monoisotopic (exact) mass is 436 g/mol. The molecule has 4 rings (SSSR count). The summed E-state index contributed by atoms with van der Waals surface area (Å²) in [7, 11) is 1.60. The van der Waals surface area contributed by atoms with Crippen LogP contribution in [0.25, 0.3) is 17.1 Å². The Kier molecular flexibility index (Phi) is 6.03. The summed E-state index contributed by atoms with van der Waals surface area (Å²) in [4.78, 5) is 17.2. The van der Waals surface area contributed by atoms with Gasteiger partial charge in [-0.05, 0) is 49.6 Å². The van der Waals surface area contributed by atoms with Gasteiger partial charge in [-0.15, -0.1) is 10.2 Å². The van der Waals surface area contributed by atoms with Crippen molar-refractivity contribution in [1.29, 1.82) is 0 Å². The molecule has 0 N–H and O–H groups in total. The van der Waals surface area contributed by atoms with Crippen LogP contribution >= 0.6 is 11.8 Å². The summed E-state index contributed by atoms with van der Waals surface area (Å²) in [5, 5.41) is 8.77. The molecule has 0 saturated carbocycles. The lowest BCUT2D eigenvalue weighted by Gasteiger charge is -2.12. The van der Waals surface area contributed by atoms with Gasteiger partial charge in [-0.3, -0.25) is 4.57 Å². The number of carbonyl (C=O) groups excluding carboxylic acids is 1. The number of hydrogen-bond donors (Lipinski definition) is 0. The highest BCUT2D eigenvalue weighted by Crippen LogP contribution is 2.26. The van der Waals surface area contributed by atoms with Gasteiger partial charge in [-0.1, -0.05) is 30.0 Å². The van der Waals surface area contributed by atoms with Gasteiger partial charge in [-0.2, -0.15) is 0 Å². The molecule has 4 aromatic rings. The Balaban J connectivity index is 1.53. The minimum atomic E-state index is -0.733. The number of ether oxygens (including phenoxy) is 2. The fourth-order valence-corrected chi connectivity index (χ4v) is 3.51. The Bertz CT molecular complexity index is 1170. The van der Waals surface area contributed by atoms with Crippen molar-refractivity contribution in [2.75, 3.05) is 13.4 Å². The van der Waals surface area contributed by atoms with Crippen LogP contribution in [0, 0.1) is 0 Å². The van der Waals surface area contributed by atoms with Gasteiger partial charge >= 0.3 is 5.97 Å². The topological polar surface area (TPSA) is 92.3 Å². The van der Waals surface area contributed by atoms with Crippen LogP contribution in [0.5, 0.6) is 5.75 Å². The molecule has 2 aromatic carbocycles. The number of aromatic nitrogens is 4. The zero-order chi connectivity index (χ0) is 21.8. The maximum atomic E-state index is 12.9. The van der Waals surface area contributed by atoms with E-state index in [0.29, 0.717) is 16.7 Å². The highest BCUT2D eigenvalue weighted by atomic mass is 32.2. The Morgan fingerprint density at radius 1 is 1.10 bits per heavy atom. The number of imidazole rings is 1. The number of methoxy groups -OCH3 is 1. The summed E-state index contributed by atoms with van der Waals surface area (Å²) in [5.74, 6) is 0.730. The third-order valence-corrected chi connectivity index (χ3v) is 5.20. The molecule has 0 aliphatic rings. The molecule has 158 valence electrons. The van der Waals surface area contributed by atoms with Gasteiger partial charge < -0.3 is 13.9 Å². The summed E-state index contributed by atoms with van der Waals surface area (Å²) in [6.45, 7) is 1.68. The van der Waals surface area contributed by atoms with Crippen molar-refractivity contribution in [2.45, 2.75) is 18.2 Å². The van der Waals surface area contributed by atoms with E-state index < -0.39 is 12.1 Å². The molecule has 0 saturated heterocycles. The van der Waals surface area contributed by atoms with E-state index in [2.05, 4.69) is 15.2 Å². The van der Waals surface area contributed by atoms with E-state index in [-0.39, 0.29) is 5.89 Å². The first kappa shape index (κ1) is 20.7. The van der Waals surface area contributed by atoms with Gasteiger partial charge in [0.1, 0.15) is 5.75 Å². The second-order valence-electron chi connectivity index (χ2n) is 6.52. The maximum absolute atomic E-state index is 12.9. The Morgan fingerprint density at radius 3 is 2.52 bits per heavy atom. The van der Waals surface area contributed by atoms with Crippen molar-refractivity contribution in [3.05, 3.63) is 72.4 Å². The number of para-hydroxylation sites is 1. The van der Waals surface area contributed by atoms with E-state index in [1.165, 1.54) is 18.0 Å². The molecule has 9 heteroatoms. The second kappa shape index (κ2) is 9.05. The van der Waals surface area contributed by atoms with Crippen molar-refractivity contribution in [1.82, 2.24) is 19.7 Å². The van der Waals surface area contributed by atoms with E-state index in [1.807, 2.05) is 48.7 Å². The maximum Gasteiger partial charge on any atom is 0.357 e. The third kappa shape index (κ3) is 4.31. The van der Waals surface area contributed by atoms with Crippen LogP contribution in [-0.4, -0.2) is 39.1 Å². The number of thioether (sulfide) groups is 1. The molecule has 0 aliphatic heterocycles. The quantitative estimate of drug-likeness (QED) is 0.307. The molecule has 0 bridgehead atoms. The van der Waals surface area contributed by atoms with Crippen LogP contribution < -0.4 is 4.74 Å². The number of rotatable bonds is 7. The predicted molar refractivity (Wildman–Crippen MR) is 115 cm³/mol. The number of nitrogens with zero attached hydrogens (tertiary/aromatic N) is 4. The standard InChI is InChI=1S/C22H20N4O4S/c1-14(19-24-25-20(30-19)15-9-11-17(28-2)12-10-15)29-21(27)18-13-23-22(31-3)26(18)16-7-5-4-6-8-16/h4-14H,1-3H3. The van der Waals surface area contributed by atoms with Crippen LogP contribution in [0.2, 0.25) is 0 Å². The van der Waals surface area contributed by atoms with Gasteiger partial charge in [0.05, 0.1) is 13.3 Å². The first-order valence-electron chi connectivity index (χ1n) is 9.46.